The molecule has 1 saturated heterocycles. The number of carbonyl (C=O) groups is 1. The van der Waals surface area contributed by atoms with Gasteiger partial charge in [-0.2, -0.15) is 0 Å². The van der Waals surface area contributed by atoms with Crippen LogP contribution in [-0.2, 0) is 22.6 Å². The molecule has 1 amide bonds. The van der Waals surface area contributed by atoms with Crippen molar-refractivity contribution in [2.75, 3.05) is 32.6 Å². The third kappa shape index (κ3) is 6.83. The number of nitrogens with one attached hydrogen (secondary N) is 1. The molecular formula is C21H31N5O2S. The van der Waals surface area contributed by atoms with E-state index in [9.17, 15) is 4.79 Å². The number of hydrogen-bond acceptors (Lipinski definition) is 6. The van der Waals surface area contributed by atoms with E-state index in [0.29, 0.717) is 18.9 Å². The van der Waals surface area contributed by atoms with Crippen LogP contribution in [0.1, 0.15) is 37.6 Å². The third-order valence-corrected chi connectivity index (χ3v) is 5.91. The average Bonchev–Trinajstić information content (AvgIpc) is 3.09. The number of rotatable bonds is 10. The summed E-state index contributed by atoms with van der Waals surface area (Å²) in [7, 11) is 1.63. The Bertz CT molecular complexity index is 762. The van der Waals surface area contributed by atoms with Gasteiger partial charge >= 0.3 is 0 Å². The molecule has 1 aromatic carbocycles. The Labute approximate surface area is 177 Å². The highest BCUT2D eigenvalue weighted by atomic mass is 32.2. The molecule has 1 aliphatic rings. The molecule has 0 radical (unpaired) electrons. The molecule has 1 aliphatic heterocycles. The molecule has 1 fully saturated rings. The summed E-state index contributed by atoms with van der Waals surface area (Å²) in [5, 5.41) is 12.6. The smallest absolute Gasteiger partial charge is 0.230 e. The van der Waals surface area contributed by atoms with Gasteiger partial charge in [0.1, 0.15) is 5.82 Å². The van der Waals surface area contributed by atoms with E-state index in [0.717, 1.165) is 30.6 Å². The normalized spacial score (nSPS) is 15.9. The Kier molecular flexibility index (Phi) is 8.52. The first-order valence-corrected chi connectivity index (χ1v) is 11.2. The molecule has 3 rings (SSSR count). The highest BCUT2D eigenvalue weighted by Crippen LogP contribution is 2.21. The fourth-order valence-electron chi connectivity index (χ4n) is 3.52. The average molecular weight is 418 g/mol. The van der Waals surface area contributed by atoms with Crippen molar-refractivity contribution < 1.29 is 9.53 Å². The first-order chi connectivity index (χ1) is 14.2. The lowest BCUT2D eigenvalue weighted by Gasteiger charge is -2.26. The molecule has 2 heterocycles. The lowest BCUT2D eigenvalue weighted by molar-refractivity contribution is -0.119. The summed E-state index contributed by atoms with van der Waals surface area (Å²) in [6, 6.07) is 10.3. The standard InChI is InChI=1S/C21H31N5O2S/c1-17(15-28-2)22-20(27)16-29-21-24-23-19(14-25-11-7-4-8-12-25)26(21)13-18-9-5-3-6-10-18/h3,5-6,9-10,17H,4,7-8,11-16H2,1-2H3,(H,22,27). The maximum Gasteiger partial charge on any atom is 0.230 e. The van der Waals surface area contributed by atoms with E-state index in [4.69, 9.17) is 4.74 Å². The summed E-state index contributed by atoms with van der Waals surface area (Å²) in [6.45, 7) is 6.17. The van der Waals surface area contributed by atoms with Gasteiger partial charge in [-0.05, 0) is 38.4 Å². The maximum absolute atomic E-state index is 12.2. The molecule has 2 aromatic rings. The van der Waals surface area contributed by atoms with Gasteiger partial charge in [-0.3, -0.25) is 9.69 Å². The summed E-state index contributed by atoms with van der Waals surface area (Å²) < 4.78 is 7.23. The largest absolute Gasteiger partial charge is 0.383 e. The van der Waals surface area contributed by atoms with Crippen molar-refractivity contribution in [3.8, 4) is 0 Å². The third-order valence-electron chi connectivity index (χ3n) is 4.95. The number of aromatic nitrogens is 3. The van der Waals surface area contributed by atoms with Gasteiger partial charge in [0.25, 0.3) is 0 Å². The number of hydrogen-bond donors (Lipinski definition) is 1. The van der Waals surface area contributed by atoms with Crippen LogP contribution in [0.4, 0.5) is 0 Å². The number of amides is 1. The van der Waals surface area contributed by atoms with E-state index < -0.39 is 0 Å². The second kappa shape index (κ2) is 11.3. The molecule has 8 heteroatoms. The van der Waals surface area contributed by atoms with Crippen molar-refractivity contribution in [1.82, 2.24) is 25.0 Å². The van der Waals surface area contributed by atoms with Gasteiger partial charge in [0.2, 0.25) is 5.91 Å². The summed E-state index contributed by atoms with van der Waals surface area (Å²) in [6.07, 6.45) is 3.80. The van der Waals surface area contributed by atoms with Crippen LogP contribution in [0.2, 0.25) is 0 Å². The molecule has 0 saturated carbocycles. The topological polar surface area (TPSA) is 72.3 Å². The molecule has 29 heavy (non-hydrogen) atoms. The van der Waals surface area contributed by atoms with Gasteiger partial charge in [0.05, 0.1) is 25.4 Å². The zero-order valence-electron chi connectivity index (χ0n) is 17.3. The zero-order chi connectivity index (χ0) is 20.5. The van der Waals surface area contributed by atoms with Gasteiger partial charge in [-0.25, -0.2) is 0 Å². The second-order valence-corrected chi connectivity index (χ2v) is 8.46. The number of nitrogens with zero attached hydrogens (tertiary/aromatic N) is 4. The number of ether oxygens (including phenoxy) is 1. The SMILES string of the molecule is COCC(C)NC(=O)CSc1nnc(CN2CCCCC2)n1Cc1ccccc1. The predicted molar refractivity (Wildman–Crippen MR) is 115 cm³/mol. The minimum Gasteiger partial charge on any atom is -0.383 e. The molecule has 0 aliphatic carbocycles. The van der Waals surface area contributed by atoms with Crippen molar-refractivity contribution in [2.24, 2.45) is 0 Å². The molecule has 1 N–H and O–H groups in total. The van der Waals surface area contributed by atoms with Crippen molar-refractivity contribution in [2.45, 2.75) is 50.5 Å². The van der Waals surface area contributed by atoms with Gasteiger partial charge < -0.3 is 14.6 Å². The van der Waals surface area contributed by atoms with Crippen LogP contribution >= 0.6 is 11.8 Å². The number of methoxy groups -OCH3 is 1. The molecular weight excluding hydrogens is 386 g/mol. The minimum absolute atomic E-state index is 0.00930. The molecule has 1 aromatic heterocycles. The summed E-state index contributed by atoms with van der Waals surface area (Å²) in [4.78, 5) is 14.7. The summed E-state index contributed by atoms with van der Waals surface area (Å²) in [5.41, 5.74) is 1.20. The van der Waals surface area contributed by atoms with E-state index >= 15 is 0 Å². The molecule has 158 valence electrons. The van der Waals surface area contributed by atoms with Gasteiger partial charge in [0, 0.05) is 13.2 Å². The maximum atomic E-state index is 12.2. The molecule has 0 bridgehead atoms. The first-order valence-electron chi connectivity index (χ1n) is 10.2. The minimum atomic E-state index is -0.0219. The number of piperidine rings is 1. The molecule has 0 spiro atoms. The fraction of sp³-hybridized carbons (Fsp3) is 0.571. The van der Waals surface area contributed by atoms with Crippen LogP contribution < -0.4 is 5.32 Å². The number of thioether (sulfide) groups is 1. The quantitative estimate of drug-likeness (QED) is 0.599. The van der Waals surface area contributed by atoms with Crippen molar-refractivity contribution in [3.05, 3.63) is 41.7 Å². The van der Waals surface area contributed by atoms with E-state index in [1.165, 1.54) is 36.6 Å². The Morgan fingerprint density at radius 3 is 2.66 bits per heavy atom. The number of benzene rings is 1. The monoisotopic (exact) mass is 417 g/mol. The van der Waals surface area contributed by atoms with Crippen LogP contribution in [0.15, 0.2) is 35.5 Å². The van der Waals surface area contributed by atoms with Gasteiger partial charge in [-0.1, -0.05) is 48.5 Å². The molecule has 1 atom stereocenters. The number of likely N-dealkylation sites (tertiary alicyclic amines) is 1. The zero-order valence-corrected chi connectivity index (χ0v) is 18.2. The van der Waals surface area contributed by atoms with Crippen molar-refractivity contribution in [3.63, 3.8) is 0 Å². The molecule has 1 unspecified atom stereocenters. The number of carbonyl (C=O) groups excluding carboxylic acids is 1. The Morgan fingerprint density at radius 2 is 1.93 bits per heavy atom. The predicted octanol–water partition coefficient (Wildman–Crippen LogP) is 2.56. The lowest BCUT2D eigenvalue weighted by atomic mass is 10.1. The highest BCUT2D eigenvalue weighted by molar-refractivity contribution is 7.99. The van der Waals surface area contributed by atoms with Crippen molar-refractivity contribution in [1.29, 1.82) is 0 Å². The van der Waals surface area contributed by atoms with Crippen LogP contribution in [0.5, 0.6) is 0 Å². The van der Waals surface area contributed by atoms with E-state index in [1.807, 2.05) is 25.1 Å². The Balaban J connectivity index is 1.68. The van der Waals surface area contributed by atoms with Gasteiger partial charge in [0.15, 0.2) is 5.16 Å². The van der Waals surface area contributed by atoms with E-state index in [1.54, 1.807) is 7.11 Å². The van der Waals surface area contributed by atoms with Crippen LogP contribution in [-0.4, -0.2) is 64.2 Å². The Morgan fingerprint density at radius 1 is 1.17 bits per heavy atom. The van der Waals surface area contributed by atoms with Gasteiger partial charge in [-0.15, -0.1) is 10.2 Å². The summed E-state index contributed by atoms with van der Waals surface area (Å²) in [5.74, 6) is 1.25. The van der Waals surface area contributed by atoms with Crippen molar-refractivity contribution >= 4 is 17.7 Å². The van der Waals surface area contributed by atoms with E-state index in [-0.39, 0.29) is 11.9 Å². The summed E-state index contributed by atoms with van der Waals surface area (Å²) >= 11 is 1.44. The highest BCUT2D eigenvalue weighted by Gasteiger charge is 2.19. The molecule has 7 nitrogen and oxygen atoms in total. The van der Waals surface area contributed by atoms with Crippen LogP contribution in [0.3, 0.4) is 0 Å². The van der Waals surface area contributed by atoms with Crippen LogP contribution in [0, 0.1) is 0 Å². The second-order valence-electron chi connectivity index (χ2n) is 7.52. The van der Waals surface area contributed by atoms with E-state index in [2.05, 4.69) is 37.1 Å². The fourth-order valence-corrected chi connectivity index (χ4v) is 4.29. The lowest BCUT2D eigenvalue weighted by Crippen LogP contribution is -2.36. The Hall–Kier alpha value is -1.90. The van der Waals surface area contributed by atoms with Crippen LogP contribution in [0.25, 0.3) is 0 Å². The first kappa shape index (κ1) is 21.8.